The molecule has 2 nitrogen and oxygen atoms in total. The molecule has 0 spiro atoms. The zero-order valence-corrected chi connectivity index (χ0v) is 12.3. The Labute approximate surface area is 117 Å². The topological polar surface area (TPSA) is 35.2 Å². The van der Waals surface area contributed by atoms with Gasteiger partial charge in [-0.3, -0.25) is 0 Å². The average Bonchev–Trinajstić information content (AvgIpc) is 2.39. The summed E-state index contributed by atoms with van der Waals surface area (Å²) in [6.07, 6.45) is 6.25. The van der Waals surface area contributed by atoms with Crippen LogP contribution in [0.5, 0.6) is 5.75 Å². The zero-order chi connectivity index (χ0) is 13.7. The number of hydrogen-bond donors (Lipinski definition) is 1. The molecule has 2 heteroatoms. The third-order valence-electron chi connectivity index (χ3n) is 4.38. The minimum Gasteiger partial charge on any atom is -0.494 e. The van der Waals surface area contributed by atoms with E-state index in [9.17, 15) is 0 Å². The van der Waals surface area contributed by atoms with Crippen LogP contribution < -0.4 is 10.5 Å². The van der Waals surface area contributed by atoms with Gasteiger partial charge in [0.05, 0.1) is 6.61 Å². The minimum atomic E-state index is 0.303. The van der Waals surface area contributed by atoms with Crippen molar-refractivity contribution in [3.05, 3.63) is 29.8 Å². The van der Waals surface area contributed by atoms with Crippen LogP contribution in [0, 0.1) is 18.8 Å². The van der Waals surface area contributed by atoms with Gasteiger partial charge >= 0.3 is 0 Å². The first-order chi connectivity index (χ1) is 9.15. The molecular formula is C17H27NO. The molecule has 1 aliphatic rings. The number of hydrogen-bond acceptors (Lipinski definition) is 2. The highest BCUT2D eigenvalue weighted by Gasteiger charge is 2.23. The number of benzene rings is 1. The fraction of sp³-hybridized carbons (Fsp3) is 0.647. The highest BCUT2D eigenvalue weighted by Crippen LogP contribution is 2.30. The summed E-state index contributed by atoms with van der Waals surface area (Å²) in [5.74, 6) is 2.56. The molecule has 2 rings (SSSR count). The lowest BCUT2D eigenvalue weighted by molar-refractivity contribution is 0.220. The van der Waals surface area contributed by atoms with Gasteiger partial charge in [0.1, 0.15) is 5.75 Å². The van der Waals surface area contributed by atoms with Crippen molar-refractivity contribution >= 4 is 0 Å². The molecular weight excluding hydrogens is 234 g/mol. The van der Waals surface area contributed by atoms with Crippen molar-refractivity contribution < 1.29 is 4.74 Å². The highest BCUT2D eigenvalue weighted by atomic mass is 16.5. The minimum absolute atomic E-state index is 0.303. The number of nitrogens with two attached hydrogens (primary N) is 1. The van der Waals surface area contributed by atoms with E-state index in [1.165, 1.54) is 31.2 Å². The molecule has 0 amide bonds. The van der Waals surface area contributed by atoms with Crippen molar-refractivity contribution in [2.24, 2.45) is 17.6 Å². The predicted octanol–water partition coefficient (Wildman–Crippen LogP) is 3.92. The van der Waals surface area contributed by atoms with E-state index in [2.05, 4.69) is 26.0 Å². The molecule has 0 saturated heterocycles. The van der Waals surface area contributed by atoms with E-state index >= 15 is 0 Å². The molecule has 0 bridgehead atoms. The van der Waals surface area contributed by atoms with Crippen LogP contribution in [-0.2, 0) is 0 Å². The Hall–Kier alpha value is -1.02. The Kier molecular flexibility index (Phi) is 5.26. The molecule has 106 valence electrons. The summed E-state index contributed by atoms with van der Waals surface area (Å²) in [7, 11) is 0. The van der Waals surface area contributed by atoms with E-state index in [0.29, 0.717) is 12.0 Å². The smallest absolute Gasteiger partial charge is 0.119 e. The number of aryl methyl sites for hydroxylation is 1. The van der Waals surface area contributed by atoms with Crippen molar-refractivity contribution in [3.8, 4) is 5.75 Å². The fourth-order valence-corrected chi connectivity index (χ4v) is 2.97. The number of rotatable bonds is 5. The predicted molar refractivity (Wildman–Crippen MR) is 80.4 cm³/mol. The molecule has 1 aromatic carbocycles. The van der Waals surface area contributed by atoms with Gasteiger partial charge in [0.15, 0.2) is 0 Å². The van der Waals surface area contributed by atoms with Crippen LogP contribution in [0.3, 0.4) is 0 Å². The summed E-state index contributed by atoms with van der Waals surface area (Å²) in [6, 6.07) is 8.51. The molecule has 0 heterocycles. The molecule has 19 heavy (non-hydrogen) atoms. The van der Waals surface area contributed by atoms with Gasteiger partial charge in [-0.25, -0.2) is 0 Å². The van der Waals surface area contributed by atoms with Crippen molar-refractivity contribution in [2.45, 2.75) is 52.0 Å². The molecule has 0 aliphatic heterocycles. The van der Waals surface area contributed by atoms with Crippen molar-refractivity contribution in [1.29, 1.82) is 0 Å². The molecule has 1 aliphatic carbocycles. The Morgan fingerprint density at radius 3 is 2.68 bits per heavy atom. The van der Waals surface area contributed by atoms with Crippen LogP contribution in [0.15, 0.2) is 24.3 Å². The Bertz CT molecular complexity index is 383. The van der Waals surface area contributed by atoms with E-state index in [1.54, 1.807) is 0 Å². The SMILES string of the molecule is Cc1cccc(OCCC(N)C2CCC(C)CC2)c1. The first kappa shape index (κ1) is 14.4. The van der Waals surface area contributed by atoms with E-state index in [1.807, 2.05) is 12.1 Å². The molecule has 1 saturated carbocycles. The van der Waals surface area contributed by atoms with Crippen LogP contribution >= 0.6 is 0 Å². The molecule has 0 aromatic heterocycles. The van der Waals surface area contributed by atoms with E-state index in [-0.39, 0.29) is 0 Å². The first-order valence-corrected chi connectivity index (χ1v) is 7.60. The Morgan fingerprint density at radius 1 is 1.26 bits per heavy atom. The zero-order valence-electron chi connectivity index (χ0n) is 12.3. The summed E-state index contributed by atoms with van der Waals surface area (Å²) >= 11 is 0. The second-order valence-corrected chi connectivity index (χ2v) is 6.14. The van der Waals surface area contributed by atoms with Gasteiger partial charge in [0.25, 0.3) is 0 Å². The monoisotopic (exact) mass is 261 g/mol. The van der Waals surface area contributed by atoms with Crippen LogP contribution in [0.4, 0.5) is 0 Å². The highest BCUT2D eigenvalue weighted by molar-refractivity contribution is 5.27. The van der Waals surface area contributed by atoms with Gasteiger partial charge in [-0.05, 0) is 55.7 Å². The van der Waals surface area contributed by atoms with Crippen LogP contribution in [0.2, 0.25) is 0 Å². The van der Waals surface area contributed by atoms with Crippen molar-refractivity contribution in [3.63, 3.8) is 0 Å². The Balaban J connectivity index is 1.70. The summed E-state index contributed by atoms with van der Waals surface area (Å²) in [5, 5.41) is 0. The molecule has 1 unspecified atom stereocenters. The van der Waals surface area contributed by atoms with Crippen LogP contribution in [0.25, 0.3) is 0 Å². The van der Waals surface area contributed by atoms with Gasteiger partial charge < -0.3 is 10.5 Å². The van der Waals surface area contributed by atoms with Crippen LogP contribution in [-0.4, -0.2) is 12.6 Å². The third kappa shape index (κ3) is 4.54. The largest absolute Gasteiger partial charge is 0.494 e. The summed E-state index contributed by atoms with van der Waals surface area (Å²) in [5.41, 5.74) is 7.55. The van der Waals surface area contributed by atoms with Crippen LogP contribution in [0.1, 0.15) is 44.6 Å². The second kappa shape index (κ2) is 6.95. The molecule has 1 aromatic rings. The maximum atomic E-state index is 6.31. The van der Waals surface area contributed by atoms with Crippen molar-refractivity contribution in [1.82, 2.24) is 0 Å². The molecule has 2 N–H and O–H groups in total. The first-order valence-electron chi connectivity index (χ1n) is 7.60. The maximum Gasteiger partial charge on any atom is 0.119 e. The molecule has 1 fully saturated rings. The average molecular weight is 261 g/mol. The van der Waals surface area contributed by atoms with Gasteiger partial charge in [-0.15, -0.1) is 0 Å². The lowest BCUT2D eigenvalue weighted by Gasteiger charge is -2.30. The lowest BCUT2D eigenvalue weighted by atomic mass is 9.79. The van der Waals surface area contributed by atoms with Crippen molar-refractivity contribution in [2.75, 3.05) is 6.61 Å². The van der Waals surface area contributed by atoms with E-state index < -0.39 is 0 Å². The summed E-state index contributed by atoms with van der Waals surface area (Å²) in [6.45, 7) is 5.17. The fourth-order valence-electron chi connectivity index (χ4n) is 2.97. The van der Waals surface area contributed by atoms with Gasteiger partial charge in [-0.1, -0.05) is 31.9 Å². The third-order valence-corrected chi connectivity index (χ3v) is 4.38. The van der Waals surface area contributed by atoms with E-state index in [0.717, 1.165) is 24.7 Å². The summed E-state index contributed by atoms with van der Waals surface area (Å²) in [4.78, 5) is 0. The second-order valence-electron chi connectivity index (χ2n) is 6.14. The Morgan fingerprint density at radius 2 is 2.00 bits per heavy atom. The van der Waals surface area contributed by atoms with Gasteiger partial charge in [0.2, 0.25) is 0 Å². The molecule has 0 radical (unpaired) electrons. The summed E-state index contributed by atoms with van der Waals surface area (Å²) < 4.78 is 5.79. The number of ether oxygens (including phenoxy) is 1. The lowest BCUT2D eigenvalue weighted by Crippen LogP contribution is -2.34. The van der Waals surface area contributed by atoms with E-state index in [4.69, 9.17) is 10.5 Å². The standard InChI is InChI=1S/C17H27NO/c1-13-6-8-15(9-7-13)17(18)10-11-19-16-5-3-4-14(2)12-16/h3-5,12-13,15,17H,6-11,18H2,1-2H3. The van der Waals surface area contributed by atoms with Gasteiger partial charge in [0, 0.05) is 6.04 Å². The molecule has 1 atom stereocenters. The normalized spacial score (nSPS) is 25.0. The van der Waals surface area contributed by atoms with Gasteiger partial charge in [-0.2, -0.15) is 0 Å². The maximum absolute atomic E-state index is 6.31. The quantitative estimate of drug-likeness (QED) is 0.872.